The van der Waals surface area contributed by atoms with Crippen molar-refractivity contribution in [3.05, 3.63) is 11.3 Å². The second-order valence-corrected chi connectivity index (χ2v) is 3.32. The smallest absolute Gasteiger partial charge is 0.209 e. The molecule has 6 nitrogen and oxygen atoms in total. The zero-order valence-corrected chi connectivity index (χ0v) is 9.31. The molecular weight excluding hydrogens is 216 g/mol. The summed E-state index contributed by atoms with van der Waals surface area (Å²) in [6.45, 7) is 5.33. The molecular formula is C8H11ClN6. The minimum atomic E-state index is 0.515. The molecule has 7 heteroatoms. The standard InChI is InChI=1S/C8H11ClN6/c1-3-14-7(9)6(5-10-14)8-11-13-15(4-2)12-8/h5H,3-4H2,1-2H3. The molecule has 0 saturated carbocycles. The fraction of sp³-hybridized carbons (Fsp3) is 0.500. The van der Waals surface area contributed by atoms with Gasteiger partial charge in [0.25, 0.3) is 0 Å². The van der Waals surface area contributed by atoms with E-state index in [-0.39, 0.29) is 0 Å². The summed E-state index contributed by atoms with van der Waals surface area (Å²) in [7, 11) is 0. The number of tetrazole rings is 1. The number of aromatic nitrogens is 6. The fourth-order valence-corrected chi connectivity index (χ4v) is 1.52. The van der Waals surface area contributed by atoms with Crippen LogP contribution in [-0.4, -0.2) is 30.0 Å². The highest BCUT2D eigenvalue weighted by Gasteiger charge is 2.13. The van der Waals surface area contributed by atoms with E-state index in [0.717, 1.165) is 12.1 Å². The number of hydrogen-bond acceptors (Lipinski definition) is 4. The lowest BCUT2D eigenvalue weighted by Gasteiger charge is -1.96. The average molecular weight is 227 g/mol. The van der Waals surface area contributed by atoms with Gasteiger partial charge in [-0.15, -0.1) is 10.2 Å². The van der Waals surface area contributed by atoms with Crippen LogP contribution in [0.5, 0.6) is 0 Å². The molecule has 0 fully saturated rings. The molecule has 0 aromatic carbocycles. The van der Waals surface area contributed by atoms with Crippen LogP contribution in [0.2, 0.25) is 5.15 Å². The van der Waals surface area contributed by atoms with Crippen LogP contribution < -0.4 is 0 Å². The molecule has 2 rings (SSSR count). The van der Waals surface area contributed by atoms with E-state index < -0.39 is 0 Å². The largest absolute Gasteiger partial charge is 0.254 e. The Bertz CT molecular complexity index is 459. The monoisotopic (exact) mass is 226 g/mol. The molecule has 0 saturated heterocycles. The van der Waals surface area contributed by atoms with Crippen LogP contribution in [0.15, 0.2) is 6.20 Å². The molecule has 0 N–H and O–H groups in total. The predicted molar refractivity (Wildman–Crippen MR) is 55.4 cm³/mol. The van der Waals surface area contributed by atoms with Crippen molar-refractivity contribution in [3.63, 3.8) is 0 Å². The lowest BCUT2D eigenvalue weighted by molar-refractivity contribution is 0.553. The number of halogens is 1. The second-order valence-electron chi connectivity index (χ2n) is 2.97. The van der Waals surface area contributed by atoms with Crippen molar-refractivity contribution in [2.24, 2.45) is 0 Å². The third-order valence-electron chi connectivity index (χ3n) is 2.05. The number of rotatable bonds is 3. The number of nitrogens with zero attached hydrogens (tertiary/aromatic N) is 6. The molecule has 0 spiro atoms. The molecule has 0 radical (unpaired) electrons. The zero-order chi connectivity index (χ0) is 10.8. The summed E-state index contributed by atoms with van der Waals surface area (Å²) in [6.07, 6.45) is 1.66. The van der Waals surface area contributed by atoms with Gasteiger partial charge in [-0.05, 0) is 19.1 Å². The highest BCUT2D eigenvalue weighted by atomic mass is 35.5. The summed E-state index contributed by atoms with van der Waals surface area (Å²) >= 11 is 6.09. The summed E-state index contributed by atoms with van der Waals surface area (Å²) in [6, 6.07) is 0. The average Bonchev–Trinajstić information content (AvgIpc) is 2.83. The van der Waals surface area contributed by atoms with E-state index in [4.69, 9.17) is 11.6 Å². The van der Waals surface area contributed by atoms with Gasteiger partial charge < -0.3 is 0 Å². The molecule has 2 aromatic rings. The van der Waals surface area contributed by atoms with Gasteiger partial charge in [0.2, 0.25) is 5.82 Å². The Morgan fingerprint density at radius 3 is 2.67 bits per heavy atom. The first-order valence-corrected chi connectivity index (χ1v) is 5.13. The van der Waals surface area contributed by atoms with Crippen LogP contribution in [0.4, 0.5) is 0 Å². The highest BCUT2D eigenvalue weighted by molar-refractivity contribution is 6.32. The summed E-state index contributed by atoms with van der Waals surface area (Å²) in [5, 5.41) is 16.6. The van der Waals surface area contributed by atoms with Crippen molar-refractivity contribution in [1.82, 2.24) is 30.0 Å². The van der Waals surface area contributed by atoms with Crippen LogP contribution in [0.25, 0.3) is 11.4 Å². The van der Waals surface area contributed by atoms with E-state index >= 15 is 0 Å². The quantitative estimate of drug-likeness (QED) is 0.790. The van der Waals surface area contributed by atoms with Gasteiger partial charge in [-0.2, -0.15) is 9.90 Å². The third kappa shape index (κ3) is 1.72. The molecule has 15 heavy (non-hydrogen) atoms. The Kier molecular flexibility index (Phi) is 2.68. The Hall–Kier alpha value is -1.43. The van der Waals surface area contributed by atoms with E-state index in [1.165, 1.54) is 4.80 Å². The maximum absolute atomic E-state index is 6.09. The Morgan fingerprint density at radius 2 is 2.13 bits per heavy atom. The molecule has 2 aromatic heterocycles. The molecule has 0 aliphatic carbocycles. The van der Waals surface area contributed by atoms with Gasteiger partial charge in [-0.1, -0.05) is 11.6 Å². The first kappa shape index (κ1) is 10.1. The van der Waals surface area contributed by atoms with E-state index in [9.17, 15) is 0 Å². The Labute approximate surface area is 91.8 Å². The van der Waals surface area contributed by atoms with Crippen LogP contribution >= 0.6 is 11.6 Å². The highest BCUT2D eigenvalue weighted by Crippen LogP contribution is 2.23. The molecule has 0 atom stereocenters. The third-order valence-corrected chi connectivity index (χ3v) is 2.45. The summed E-state index contributed by atoms with van der Waals surface area (Å²) in [5.74, 6) is 0.515. The summed E-state index contributed by atoms with van der Waals surface area (Å²) < 4.78 is 1.68. The molecule has 2 heterocycles. The van der Waals surface area contributed by atoms with Gasteiger partial charge in [-0.3, -0.25) is 4.68 Å². The van der Waals surface area contributed by atoms with E-state index in [1.54, 1.807) is 10.9 Å². The van der Waals surface area contributed by atoms with Gasteiger partial charge in [0.15, 0.2) is 0 Å². The van der Waals surface area contributed by atoms with Gasteiger partial charge in [0.1, 0.15) is 5.15 Å². The number of hydrogen-bond donors (Lipinski definition) is 0. The minimum absolute atomic E-state index is 0.515. The van der Waals surface area contributed by atoms with Gasteiger partial charge in [0, 0.05) is 6.54 Å². The fourth-order valence-electron chi connectivity index (χ4n) is 1.23. The lowest BCUT2D eigenvalue weighted by atomic mass is 10.3. The Balaban J connectivity index is 2.40. The van der Waals surface area contributed by atoms with E-state index in [0.29, 0.717) is 17.5 Å². The van der Waals surface area contributed by atoms with Crippen LogP contribution in [0.1, 0.15) is 13.8 Å². The van der Waals surface area contributed by atoms with Crippen molar-refractivity contribution in [2.75, 3.05) is 0 Å². The van der Waals surface area contributed by atoms with E-state index in [2.05, 4.69) is 20.5 Å². The Morgan fingerprint density at radius 1 is 1.33 bits per heavy atom. The molecule has 0 aliphatic rings. The lowest BCUT2D eigenvalue weighted by Crippen LogP contribution is -1.98. The number of aryl methyl sites for hydroxylation is 2. The van der Waals surface area contributed by atoms with Crippen molar-refractivity contribution < 1.29 is 0 Å². The molecule has 0 bridgehead atoms. The molecule has 0 aliphatic heterocycles. The molecule has 80 valence electrons. The van der Waals surface area contributed by atoms with Crippen molar-refractivity contribution in [2.45, 2.75) is 26.9 Å². The summed E-state index contributed by atoms with van der Waals surface area (Å²) in [5.41, 5.74) is 0.721. The van der Waals surface area contributed by atoms with E-state index in [1.807, 2.05) is 13.8 Å². The van der Waals surface area contributed by atoms with Gasteiger partial charge in [0.05, 0.1) is 18.3 Å². The summed E-state index contributed by atoms with van der Waals surface area (Å²) in [4.78, 5) is 1.51. The minimum Gasteiger partial charge on any atom is -0.254 e. The van der Waals surface area contributed by atoms with Gasteiger partial charge in [-0.25, -0.2) is 0 Å². The normalized spacial score (nSPS) is 10.9. The van der Waals surface area contributed by atoms with Crippen LogP contribution in [0.3, 0.4) is 0 Å². The first-order chi connectivity index (χ1) is 7.26. The van der Waals surface area contributed by atoms with Crippen molar-refractivity contribution >= 4 is 11.6 Å². The van der Waals surface area contributed by atoms with Crippen LogP contribution in [0, 0.1) is 0 Å². The predicted octanol–water partition coefficient (Wildman–Crippen LogP) is 1.23. The van der Waals surface area contributed by atoms with Crippen LogP contribution in [-0.2, 0) is 13.1 Å². The molecule has 0 unspecified atom stereocenters. The maximum Gasteiger partial charge on any atom is 0.209 e. The van der Waals surface area contributed by atoms with Crippen molar-refractivity contribution in [1.29, 1.82) is 0 Å². The SMILES string of the molecule is CCn1nnc(-c2cnn(CC)c2Cl)n1. The van der Waals surface area contributed by atoms with Crippen molar-refractivity contribution in [3.8, 4) is 11.4 Å². The second kappa shape index (κ2) is 3.98. The molecule has 0 amide bonds. The maximum atomic E-state index is 6.09. The first-order valence-electron chi connectivity index (χ1n) is 4.75. The zero-order valence-electron chi connectivity index (χ0n) is 8.55. The topological polar surface area (TPSA) is 61.4 Å². The van der Waals surface area contributed by atoms with Gasteiger partial charge >= 0.3 is 0 Å².